The number of carbonyl (C=O) groups excluding carboxylic acids is 1. The zero-order chi connectivity index (χ0) is 20.1. The number of rotatable bonds is 3. The van der Waals surface area contributed by atoms with E-state index in [1.54, 1.807) is 11.8 Å². The summed E-state index contributed by atoms with van der Waals surface area (Å²) in [5.41, 5.74) is 4.55. The number of aliphatic hydroxyl groups is 1. The fourth-order valence-electron chi connectivity index (χ4n) is 3.88. The lowest BCUT2D eigenvalue weighted by Gasteiger charge is -2.23. The predicted octanol–water partition coefficient (Wildman–Crippen LogP) is 5.03. The Morgan fingerprint density at radius 2 is 1.93 bits per heavy atom. The maximum absolute atomic E-state index is 13.2. The van der Waals surface area contributed by atoms with Crippen molar-refractivity contribution in [2.24, 2.45) is 0 Å². The highest BCUT2D eigenvalue weighted by molar-refractivity contribution is 8.03. The minimum atomic E-state index is -0.540. The maximum atomic E-state index is 13.2. The van der Waals surface area contributed by atoms with Crippen LogP contribution in [0.15, 0.2) is 58.0 Å². The molecule has 0 fully saturated rings. The third-order valence-corrected chi connectivity index (χ3v) is 6.53. The van der Waals surface area contributed by atoms with Gasteiger partial charge in [0.15, 0.2) is 5.78 Å². The molecule has 2 aromatic rings. The normalized spacial score (nSPS) is 21.2. The van der Waals surface area contributed by atoms with Gasteiger partial charge in [-0.15, -0.1) is 0 Å². The standard InChI is InChI=1S/C23H25NO3S/c1-5-24-17-11-10-14(23(2,3)4)12-18(17)28-22(24)19-20(26)15-8-6-7-9-16(15)21(19)27-13-25/h6-12,21,25H,5,13H2,1-4H3/b22-19+. The second kappa shape index (κ2) is 7.07. The van der Waals surface area contributed by atoms with Gasteiger partial charge in [-0.2, -0.15) is 0 Å². The second-order valence-corrected chi connectivity index (χ2v) is 9.12. The van der Waals surface area contributed by atoms with Gasteiger partial charge in [0.05, 0.1) is 16.3 Å². The first kappa shape index (κ1) is 19.2. The lowest BCUT2D eigenvalue weighted by molar-refractivity contribution is -0.0342. The number of hydrogen-bond acceptors (Lipinski definition) is 5. The lowest BCUT2D eigenvalue weighted by Crippen LogP contribution is -2.21. The number of thioether (sulfide) groups is 1. The highest BCUT2D eigenvalue weighted by Crippen LogP contribution is 2.52. The number of benzene rings is 2. The molecule has 0 saturated heterocycles. The number of ketones is 1. The van der Waals surface area contributed by atoms with Gasteiger partial charge in [-0.1, -0.05) is 62.9 Å². The van der Waals surface area contributed by atoms with E-state index in [4.69, 9.17) is 4.74 Å². The summed E-state index contributed by atoms with van der Waals surface area (Å²) in [6.45, 7) is 9.02. The van der Waals surface area contributed by atoms with Crippen LogP contribution in [0, 0.1) is 0 Å². The van der Waals surface area contributed by atoms with E-state index in [0.717, 1.165) is 27.7 Å². The predicted molar refractivity (Wildman–Crippen MR) is 113 cm³/mol. The number of fused-ring (bicyclic) bond motifs is 2. The van der Waals surface area contributed by atoms with Crippen LogP contribution in [0.4, 0.5) is 5.69 Å². The Bertz CT molecular complexity index is 974. The fraction of sp³-hybridized carbons (Fsp3) is 0.348. The molecule has 2 aliphatic rings. The summed E-state index contributed by atoms with van der Waals surface area (Å²) >= 11 is 1.62. The number of ether oxygens (including phenoxy) is 1. The summed E-state index contributed by atoms with van der Waals surface area (Å²) in [6.07, 6.45) is -0.540. The molecule has 0 saturated carbocycles. The van der Waals surface area contributed by atoms with E-state index in [9.17, 15) is 9.90 Å². The number of anilines is 1. The molecule has 0 aromatic heterocycles. The molecule has 4 rings (SSSR count). The number of nitrogens with zero attached hydrogens (tertiary/aromatic N) is 1. The monoisotopic (exact) mass is 395 g/mol. The highest BCUT2D eigenvalue weighted by Gasteiger charge is 2.41. The molecule has 0 amide bonds. The highest BCUT2D eigenvalue weighted by atomic mass is 32.2. The molecule has 28 heavy (non-hydrogen) atoms. The third kappa shape index (κ3) is 2.98. The van der Waals surface area contributed by atoms with Crippen molar-refractivity contribution in [3.8, 4) is 0 Å². The Balaban J connectivity index is 1.85. The molecular weight excluding hydrogens is 370 g/mol. The quantitative estimate of drug-likeness (QED) is 0.583. The number of carbonyl (C=O) groups is 1. The molecule has 1 atom stereocenters. The zero-order valence-corrected chi connectivity index (χ0v) is 17.5. The molecule has 1 unspecified atom stereocenters. The number of aliphatic hydroxyl groups excluding tert-OH is 1. The largest absolute Gasteiger partial charge is 0.371 e. The van der Waals surface area contributed by atoms with Gasteiger partial charge in [-0.3, -0.25) is 4.79 Å². The van der Waals surface area contributed by atoms with Gasteiger partial charge in [0.1, 0.15) is 12.9 Å². The molecule has 5 heteroatoms. The minimum absolute atomic E-state index is 0.0150. The molecule has 4 nitrogen and oxygen atoms in total. The van der Waals surface area contributed by atoms with Gasteiger partial charge in [-0.05, 0) is 35.6 Å². The van der Waals surface area contributed by atoms with E-state index >= 15 is 0 Å². The van der Waals surface area contributed by atoms with Crippen LogP contribution >= 0.6 is 11.8 Å². The summed E-state index contributed by atoms with van der Waals surface area (Å²) in [7, 11) is 0. The van der Waals surface area contributed by atoms with Crippen LogP contribution in [0.5, 0.6) is 0 Å². The van der Waals surface area contributed by atoms with Crippen LogP contribution in [-0.2, 0) is 10.2 Å². The Morgan fingerprint density at radius 1 is 1.18 bits per heavy atom. The summed E-state index contributed by atoms with van der Waals surface area (Å²) in [5, 5.41) is 10.4. The third-order valence-electron chi connectivity index (χ3n) is 5.35. The van der Waals surface area contributed by atoms with Crippen molar-refractivity contribution < 1.29 is 14.6 Å². The first-order valence-corrected chi connectivity index (χ1v) is 10.4. The molecule has 1 aliphatic heterocycles. The molecule has 0 spiro atoms. The van der Waals surface area contributed by atoms with Crippen molar-refractivity contribution in [2.75, 3.05) is 18.2 Å². The minimum Gasteiger partial charge on any atom is -0.371 e. The Kier molecular flexibility index (Phi) is 4.86. The van der Waals surface area contributed by atoms with Gasteiger partial charge in [0.25, 0.3) is 0 Å². The van der Waals surface area contributed by atoms with Gasteiger partial charge < -0.3 is 14.7 Å². The number of hydrogen-bond donors (Lipinski definition) is 1. The molecule has 2 aromatic carbocycles. The average molecular weight is 396 g/mol. The smallest absolute Gasteiger partial charge is 0.195 e. The SMILES string of the molecule is CCN1/C(=C2/C(=O)c3ccccc3C2OCO)Sc2cc(C(C)(C)C)ccc21. The van der Waals surface area contributed by atoms with Gasteiger partial charge in [0, 0.05) is 17.0 Å². The van der Waals surface area contributed by atoms with Crippen LogP contribution in [0.25, 0.3) is 0 Å². The van der Waals surface area contributed by atoms with Gasteiger partial charge in [0.2, 0.25) is 0 Å². The summed E-state index contributed by atoms with van der Waals surface area (Å²) in [5.74, 6) is -0.0150. The molecule has 0 radical (unpaired) electrons. The molecular formula is C23H25NO3S. The molecule has 146 valence electrons. The fourth-order valence-corrected chi connectivity index (χ4v) is 5.20. The van der Waals surface area contributed by atoms with E-state index in [1.807, 2.05) is 24.3 Å². The second-order valence-electron chi connectivity index (χ2n) is 8.09. The topological polar surface area (TPSA) is 49.8 Å². The summed E-state index contributed by atoms with van der Waals surface area (Å²) in [6, 6.07) is 14.0. The maximum Gasteiger partial charge on any atom is 0.195 e. The van der Waals surface area contributed by atoms with E-state index < -0.39 is 12.9 Å². The van der Waals surface area contributed by atoms with E-state index in [1.165, 1.54) is 5.56 Å². The van der Waals surface area contributed by atoms with E-state index in [-0.39, 0.29) is 11.2 Å². The average Bonchev–Trinajstić information content (AvgIpc) is 3.16. The van der Waals surface area contributed by atoms with Crippen LogP contribution in [-0.4, -0.2) is 24.2 Å². The van der Waals surface area contributed by atoms with Gasteiger partial charge in [-0.25, -0.2) is 0 Å². The van der Waals surface area contributed by atoms with Crippen molar-refractivity contribution >= 4 is 23.2 Å². The van der Waals surface area contributed by atoms with Gasteiger partial charge >= 0.3 is 0 Å². The van der Waals surface area contributed by atoms with E-state index in [0.29, 0.717) is 11.1 Å². The summed E-state index contributed by atoms with van der Waals surface area (Å²) in [4.78, 5) is 16.6. The number of Topliss-reactive ketones (excluding diaryl/α,β-unsaturated/α-hetero) is 1. The van der Waals surface area contributed by atoms with Crippen molar-refractivity contribution in [3.05, 3.63) is 69.8 Å². The van der Waals surface area contributed by atoms with Crippen LogP contribution in [0.3, 0.4) is 0 Å². The van der Waals surface area contributed by atoms with Crippen LogP contribution in [0.2, 0.25) is 0 Å². The van der Waals surface area contributed by atoms with E-state index in [2.05, 4.69) is 50.8 Å². The van der Waals surface area contributed by atoms with Crippen molar-refractivity contribution in [1.29, 1.82) is 0 Å². The van der Waals surface area contributed by atoms with Crippen molar-refractivity contribution in [2.45, 2.75) is 44.1 Å². The van der Waals surface area contributed by atoms with Crippen molar-refractivity contribution in [1.82, 2.24) is 0 Å². The summed E-state index contributed by atoms with van der Waals surface area (Å²) < 4.78 is 5.63. The van der Waals surface area contributed by atoms with Crippen molar-refractivity contribution in [3.63, 3.8) is 0 Å². The molecule has 0 bridgehead atoms. The first-order valence-electron chi connectivity index (χ1n) is 9.57. The lowest BCUT2D eigenvalue weighted by atomic mass is 9.87. The van der Waals surface area contributed by atoms with Crippen LogP contribution < -0.4 is 4.90 Å². The Hall–Kier alpha value is -2.08. The molecule has 1 aliphatic carbocycles. The molecule has 1 N–H and O–H groups in total. The Morgan fingerprint density at radius 3 is 2.61 bits per heavy atom. The Labute approximate surface area is 170 Å². The first-order chi connectivity index (χ1) is 13.4. The zero-order valence-electron chi connectivity index (χ0n) is 16.7. The molecule has 1 heterocycles. The van der Waals surface area contributed by atoms with Crippen LogP contribution in [0.1, 0.15) is 55.3 Å².